The summed E-state index contributed by atoms with van der Waals surface area (Å²) < 4.78 is 0. The van der Waals surface area contributed by atoms with Gasteiger partial charge in [0.2, 0.25) is 0 Å². The minimum absolute atomic E-state index is 0.000824. The Balaban J connectivity index is 2.72. The first-order valence-corrected chi connectivity index (χ1v) is 6.51. The van der Waals surface area contributed by atoms with Crippen molar-refractivity contribution in [1.82, 2.24) is 0 Å². The maximum Gasteiger partial charge on any atom is 0.147 e. The van der Waals surface area contributed by atoms with E-state index in [1.807, 2.05) is 19.1 Å². The summed E-state index contributed by atoms with van der Waals surface area (Å²) in [5.41, 5.74) is 2.29. The topological polar surface area (TPSA) is 34.1 Å². The van der Waals surface area contributed by atoms with Gasteiger partial charge in [0.1, 0.15) is 11.6 Å². The molecule has 1 atom stereocenters. The zero-order valence-electron chi connectivity index (χ0n) is 11.7. The normalized spacial score (nSPS) is 12.5. The van der Waals surface area contributed by atoms with E-state index >= 15 is 0 Å². The predicted molar refractivity (Wildman–Crippen MR) is 73.7 cm³/mol. The number of ketones is 2. The lowest BCUT2D eigenvalue weighted by Crippen LogP contribution is -2.12. The van der Waals surface area contributed by atoms with Crippen LogP contribution in [0.3, 0.4) is 0 Å². The largest absolute Gasteiger partial charge is 0.300 e. The van der Waals surface area contributed by atoms with Crippen molar-refractivity contribution in [2.75, 3.05) is 0 Å². The van der Waals surface area contributed by atoms with Gasteiger partial charge in [-0.1, -0.05) is 45.0 Å². The second kappa shape index (κ2) is 6.48. The SMILES string of the molecule is CC(=O)CC(=O)[C@@H](C)c1ccc(CC(C)C)cc1. The van der Waals surface area contributed by atoms with Gasteiger partial charge in [-0.15, -0.1) is 0 Å². The Morgan fingerprint density at radius 2 is 1.61 bits per heavy atom. The summed E-state index contributed by atoms with van der Waals surface area (Å²) in [7, 11) is 0. The molecule has 0 spiro atoms. The molecule has 0 aliphatic carbocycles. The lowest BCUT2D eigenvalue weighted by molar-refractivity contribution is -0.126. The molecule has 0 bridgehead atoms. The van der Waals surface area contributed by atoms with Crippen LogP contribution >= 0.6 is 0 Å². The van der Waals surface area contributed by atoms with E-state index in [2.05, 4.69) is 26.0 Å². The lowest BCUT2D eigenvalue weighted by atomic mass is 9.92. The molecule has 0 heterocycles. The first-order valence-electron chi connectivity index (χ1n) is 6.51. The zero-order valence-corrected chi connectivity index (χ0v) is 11.7. The molecule has 0 aliphatic rings. The Bertz CT molecular complexity index is 415. The highest BCUT2D eigenvalue weighted by Crippen LogP contribution is 2.19. The van der Waals surface area contributed by atoms with E-state index in [9.17, 15) is 9.59 Å². The number of Topliss-reactive ketones (excluding diaryl/α,β-unsaturated/α-hetero) is 2. The van der Waals surface area contributed by atoms with E-state index in [1.54, 1.807) is 0 Å². The fourth-order valence-corrected chi connectivity index (χ4v) is 2.00. The van der Waals surface area contributed by atoms with E-state index in [1.165, 1.54) is 12.5 Å². The molecule has 2 nitrogen and oxygen atoms in total. The third-order valence-corrected chi connectivity index (χ3v) is 3.03. The van der Waals surface area contributed by atoms with Gasteiger partial charge >= 0.3 is 0 Å². The number of hydrogen-bond donors (Lipinski definition) is 0. The molecule has 0 radical (unpaired) electrons. The van der Waals surface area contributed by atoms with Gasteiger partial charge in [-0.05, 0) is 30.4 Å². The van der Waals surface area contributed by atoms with Gasteiger partial charge < -0.3 is 0 Å². The van der Waals surface area contributed by atoms with Crippen LogP contribution in [-0.2, 0) is 16.0 Å². The Hall–Kier alpha value is -1.44. The van der Waals surface area contributed by atoms with Gasteiger partial charge in [-0.3, -0.25) is 9.59 Å². The van der Waals surface area contributed by atoms with Crippen molar-refractivity contribution in [3.63, 3.8) is 0 Å². The zero-order chi connectivity index (χ0) is 13.7. The molecular formula is C16H22O2. The second-order valence-electron chi connectivity index (χ2n) is 5.41. The highest BCUT2D eigenvalue weighted by atomic mass is 16.1. The summed E-state index contributed by atoms with van der Waals surface area (Å²) in [6.45, 7) is 7.69. The third kappa shape index (κ3) is 4.44. The van der Waals surface area contributed by atoms with E-state index < -0.39 is 0 Å². The Morgan fingerprint density at radius 3 is 2.06 bits per heavy atom. The molecular weight excluding hydrogens is 224 g/mol. The molecule has 0 aliphatic heterocycles. The van der Waals surface area contributed by atoms with Crippen molar-refractivity contribution in [2.24, 2.45) is 5.92 Å². The quantitative estimate of drug-likeness (QED) is 0.719. The fraction of sp³-hybridized carbons (Fsp3) is 0.500. The van der Waals surface area contributed by atoms with Crippen molar-refractivity contribution in [3.05, 3.63) is 35.4 Å². The molecule has 0 saturated carbocycles. The summed E-state index contributed by atoms with van der Waals surface area (Å²) in [5.74, 6) is 0.372. The average Bonchev–Trinajstić information content (AvgIpc) is 2.27. The Morgan fingerprint density at radius 1 is 1.06 bits per heavy atom. The molecule has 1 aromatic carbocycles. The summed E-state index contributed by atoms with van der Waals surface area (Å²) in [4.78, 5) is 22.7. The van der Waals surface area contributed by atoms with Gasteiger partial charge in [0, 0.05) is 5.92 Å². The highest BCUT2D eigenvalue weighted by Gasteiger charge is 2.16. The molecule has 0 unspecified atom stereocenters. The molecule has 1 rings (SSSR count). The van der Waals surface area contributed by atoms with Crippen molar-refractivity contribution in [2.45, 2.75) is 46.5 Å². The molecule has 2 heteroatoms. The maximum atomic E-state index is 11.8. The molecule has 0 aromatic heterocycles. The lowest BCUT2D eigenvalue weighted by Gasteiger charge is -2.11. The molecule has 98 valence electrons. The molecule has 18 heavy (non-hydrogen) atoms. The number of rotatable bonds is 6. The second-order valence-corrected chi connectivity index (χ2v) is 5.41. The summed E-state index contributed by atoms with van der Waals surface area (Å²) in [6, 6.07) is 8.15. The van der Waals surface area contributed by atoms with Crippen LogP contribution in [0, 0.1) is 5.92 Å². The maximum absolute atomic E-state index is 11.8. The van der Waals surface area contributed by atoms with Gasteiger partial charge in [0.05, 0.1) is 6.42 Å². The van der Waals surface area contributed by atoms with Crippen molar-refractivity contribution < 1.29 is 9.59 Å². The van der Waals surface area contributed by atoms with Crippen molar-refractivity contribution >= 4 is 11.6 Å². The number of carbonyl (C=O) groups is 2. The highest BCUT2D eigenvalue weighted by molar-refractivity contribution is 6.00. The first kappa shape index (κ1) is 14.6. The summed E-state index contributed by atoms with van der Waals surface area (Å²) in [6.07, 6.45) is 1.09. The van der Waals surface area contributed by atoms with E-state index in [0.29, 0.717) is 5.92 Å². The van der Waals surface area contributed by atoms with Crippen LogP contribution in [0.15, 0.2) is 24.3 Å². The van der Waals surface area contributed by atoms with Gasteiger partial charge in [-0.2, -0.15) is 0 Å². The standard InChI is InChI=1S/C16H22O2/c1-11(2)9-14-5-7-15(8-6-14)13(4)16(18)10-12(3)17/h5-8,11,13H,9-10H2,1-4H3/t13-/m0/s1. The van der Waals surface area contributed by atoms with Gasteiger partial charge in [0.25, 0.3) is 0 Å². The Kier molecular flexibility index (Phi) is 5.26. The average molecular weight is 246 g/mol. The molecule has 0 fully saturated rings. The number of benzene rings is 1. The summed E-state index contributed by atoms with van der Waals surface area (Å²) in [5, 5.41) is 0. The van der Waals surface area contributed by atoms with Gasteiger partial charge in [-0.25, -0.2) is 0 Å². The minimum Gasteiger partial charge on any atom is -0.300 e. The van der Waals surface area contributed by atoms with E-state index in [0.717, 1.165) is 12.0 Å². The van der Waals surface area contributed by atoms with E-state index in [-0.39, 0.29) is 23.9 Å². The van der Waals surface area contributed by atoms with Crippen molar-refractivity contribution in [3.8, 4) is 0 Å². The van der Waals surface area contributed by atoms with Crippen LogP contribution < -0.4 is 0 Å². The van der Waals surface area contributed by atoms with E-state index in [4.69, 9.17) is 0 Å². The van der Waals surface area contributed by atoms with Crippen LogP contribution in [0.25, 0.3) is 0 Å². The van der Waals surface area contributed by atoms with Crippen LogP contribution in [0.5, 0.6) is 0 Å². The summed E-state index contributed by atoms with van der Waals surface area (Å²) >= 11 is 0. The van der Waals surface area contributed by atoms with Crippen molar-refractivity contribution in [1.29, 1.82) is 0 Å². The number of hydrogen-bond acceptors (Lipinski definition) is 2. The molecule has 1 aromatic rings. The van der Waals surface area contributed by atoms with Crippen LogP contribution in [0.4, 0.5) is 0 Å². The minimum atomic E-state index is -0.193. The van der Waals surface area contributed by atoms with Crippen LogP contribution in [0.1, 0.15) is 51.2 Å². The van der Waals surface area contributed by atoms with Gasteiger partial charge in [0.15, 0.2) is 0 Å². The third-order valence-electron chi connectivity index (χ3n) is 3.03. The molecule has 0 saturated heterocycles. The smallest absolute Gasteiger partial charge is 0.147 e. The molecule has 0 N–H and O–H groups in total. The first-order chi connectivity index (χ1) is 8.40. The molecule has 0 amide bonds. The number of carbonyl (C=O) groups excluding carboxylic acids is 2. The predicted octanol–water partition coefficient (Wildman–Crippen LogP) is 3.54. The van der Waals surface area contributed by atoms with Crippen LogP contribution in [0.2, 0.25) is 0 Å². The fourth-order valence-electron chi connectivity index (χ4n) is 2.00. The monoisotopic (exact) mass is 246 g/mol. The van der Waals surface area contributed by atoms with Crippen LogP contribution in [-0.4, -0.2) is 11.6 Å². The Labute approximate surface area is 109 Å².